The fraction of sp³-hybridized carbons (Fsp3) is 0.647. The first-order chi connectivity index (χ1) is 11.0. The highest BCUT2D eigenvalue weighted by Crippen LogP contribution is 2.37. The standard InChI is InChI=1S/C17H26N4O2/c1-12-13(2)21(14-6-4-5-7-14)17(15(12)10-18)19-16(23)11-20(3)8-9-22/h14,22H,4-9,11H2,1-3H3,(H,19,23). The van der Waals surface area contributed by atoms with Crippen molar-refractivity contribution >= 4 is 11.7 Å². The molecule has 0 saturated heterocycles. The summed E-state index contributed by atoms with van der Waals surface area (Å²) in [7, 11) is 1.79. The summed E-state index contributed by atoms with van der Waals surface area (Å²) in [6.45, 7) is 4.61. The minimum Gasteiger partial charge on any atom is -0.395 e. The quantitative estimate of drug-likeness (QED) is 0.840. The topological polar surface area (TPSA) is 81.3 Å². The molecule has 0 radical (unpaired) electrons. The maximum Gasteiger partial charge on any atom is 0.239 e. The first-order valence-corrected chi connectivity index (χ1v) is 8.20. The zero-order valence-electron chi connectivity index (χ0n) is 14.2. The zero-order chi connectivity index (χ0) is 17.0. The van der Waals surface area contributed by atoms with Gasteiger partial charge in [0.15, 0.2) is 0 Å². The van der Waals surface area contributed by atoms with Crippen molar-refractivity contribution < 1.29 is 9.90 Å². The van der Waals surface area contributed by atoms with E-state index in [0.29, 0.717) is 24.0 Å². The molecule has 1 fully saturated rings. The van der Waals surface area contributed by atoms with E-state index in [2.05, 4.69) is 16.0 Å². The van der Waals surface area contributed by atoms with Crippen LogP contribution in [0.1, 0.15) is 48.5 Å². The molecule has 1 amide bonds. The van der Waals surface area contributed by atoms with Crippen LogP contribution in [0.15, 0.2) is 0 Å². The Morgan fingerprint density at radius 1 is 1.43 bits per heavy atom. The molecule has 6 nitrogen and oxygen atoms in total. The van der Waals surface area contributed by atoms with Crippen molar-refractivity contribution in [1.29, 1.82) is 5.26 Å². The predicted molar refractivity (Wildman–Crippen MR) is 89.3 cm³/mol. The van der Waals surface area contributed by atoms with Crippen LogP contribution in [0.25, 0.3) is 0 Å². The van der Waals surface area contributed by atoms with Gasteiger partial charge in [0, 0.05) is 18.3 Å². The van der Waals surface area contributed by atoms with Gasteiger partial charge in [0.1, 0.15) is 11.9 Å². The number of aliphatic hydroxyl groups excluding tert-OH is 1. The fourth-order valence-corrected chi connectivity index (χ4v) is 3.37. The van der Waals surface area contributed by atoms with Crippen LogP contribution >= 0.6 is 0 Å². The lowest BCUT2D eigenvalue weighted by atomic mass is 10.2. The molecule has 0 unspecified atom stereocenters. The highest BCUT2D eigenvalue weighted by Gasteiger charge is 2.26. The Labute approximate surface area is 137 Å². The van der Waals surface area contributed by atoms with E-state index in [9.17, 15) is 10.1 Å². The SMILES string of the molecule is Cc1c(C#N)c(NC(=O)CN(C)CCO)n(C2CCCC2)c1C. The largest absolute Gasteiger partial charge is 0.395 e. The molecule has 1 aliphatic rings. The van der Waals surface area contributed by atoms with E-state index in [1.807, 2.05) is 13.8 Å². The summed E-state index contributed by atoms with van der Waals surface area (Å²) in [5.74, 6) is 0.478. The van der Waals surface area contributed by atoms with Crippen LogP contribution in [-0.4, -0.2) is 47.2 Å². The average Bonchev–Trinajstić information content (AvgIpc) is 3.08. The lowest BCUT2D eigenvalue weighted by molar-refractivity contribution is -0.117. The van der Waals surface area contributed by atoms with E-state index >= 15 is 0 Å². The van der Waals surface area contributed by atoms with Gasteiger partial charge in [-0.2, -0.15) is 5.26 Å². The number of carbonyl (C=O) groups excluding carboxylic acids is 1. The maximum atomic E-state index is 12.3. The summed E-state index contributed by atoms with van der Waals surface area (Å²) in [5.41, 5.74) is 2.57. The molecule has 1 aromatic heterocycles. The summed E-state index contributed by atoms with van der Waals surface area (Å²) in [6.07, 6.45) is 4.56. The Morgan fingerprint density at radius 3 is 2.65 bits per heavy atom. The molecule has 0 atom stereocenters. The van der Waals surface area contributed by atoms with E-state index in [0.717, 1.165) is 24.1 Å². The van der Waals surface area contributed by atoms with Gasteiger partial charge < -0.3 is 15.0 Å². The molecule has 1 aromatic rings. The number of likely N-dealkylation sites (N-methyl/N-ethyl adjacent to an activating group) is 1. The number of nitriles is 1. The Balaban J connectivity index is 2.27. The van der Waals surface area contributed by atoms with Crippen molar-refractivity contribution in [3.63, 3.8) is 0 Å². The zero-order valence-corrected chi connectivity index (χ0v) is 14.2. The molecule has 0 bridgehead atoms. The molecule has 0 spiro atoms. The Morgan fingerprint density at radius 2 is 2.09 bits per heavy atom. The van der Waals surface area contributed by atoms with E-state index in [-0.39, 0.29) is 19.1 Å². The van der Waals surface area contributed by atoms with Crippen LogP contribution in [0, 0.1) is 25.2 Å². The van der Waals surface area contributed by atoms with Crippen LogP contribution in [0.5, 0.6) is 0 Å². The van der Waals surface area contributed by atoms with Crippen molar-refractivity contribution in [2.24, 2.45) is 0 Å². The second kappa shape index (κ2) is 7.62. The van der Waals surface area contributed by atoms with Crippen molar-refractivity contribution in [3.8, 4) is 6.07 Å². The Bertz CT molecular complexity index is 609. The van der Waals surface area contributed by atoms with Gasteiger partial charge in [0.25, 0.3) is 0 Å². The third-order valence-electron chi connectivity index (χ3n) is 4.71. The minimum atomic E-state index is -0.158. The van der Waals surface area contributed by atoms with Crippen molar-refractivity contribution in [2.75, 3.05) is 32.1 Å². The van der Waals surface area contributed by atoms with Crippen LogP contribution in [0.2, 0.25) is 0 Å². The van der Waals surface area contributed by atoms with Crippen molar-refractivity contribution in [1.82, 2.24) is 9.47 Å². The molecular weight excluding hydrogens is 292 g/mol. The highest BCUT2D eigenvalue weighted by atomic mass is 16.3. The summed E-state index contributed by atoms with van der Waals surface area (Å²) in [4.78, 5) is 14.1. The first kappa shape index (κ1) is 17.5. The van der Waals surface area contributed by atoms with Crippen LogP contribution in [0.4, 0.5) is 5.82 Å². The molecular formula is C17H26N4O2. The number of aromatic nitrogens is 1. The number of hydrogen-bond donors (Lipinski definition) is 2. The number of carbonyl (C=O) groups is 1. The smallest absolute Gasteiger partial charge is 0.239 e. The van der Waals surface area contributed by atoms with E-state index in [1.54, 1.807) is 11.9 Å². The van der Waals surface area contributed by atoms with Gasteiger partial charge in [0.2, 0.25) is 5.91 Å². The first-order valence-electron chi connectivity index (χ1n) is 8.20. The highest BCUT2D eigenvalue weighted by molar-refractivity contribution is 5.93. The molecule has 2 rings (SSSR count). The van der Waals surface area contributed by atoms with E-state index in [1.165, 1.54) is 12.8 Å². The fourth-order valence-electron chi connectivity index (χ4n) is 3.37. The maximum absolute atomic E-state index is 12.3. The third-order valence-corrected chi connectivity index (χ3v) is 4.71. The molecule has 0 aliphatic heterocycles. The van der Waals surface area contributed by atoms with Gasteiger partial charge >= 0.3 is 0 Å². The monoisotopic (exact) mass is 318 g/mol. The number of anilines is 1. The second-order valence-corrected chi connectivity index (χ2v) is 6.36. The number of nitrogens with one attached hydrogen (secondary N) is 1. The second-order valence-electron chi connectivity index (χ2n) is 6.36. The molecule has 0 aromatic carbocycles. The molecule has 126 valence electrons. The Kier molecular flexibility index (Phi) is 5.80. The number of amides is 1. The molecule has 1 saturated carbocycles. The van der Waals surface area contributed by atoms with E-state index < -0.39 is 0 Å². The summed E-state index contributed by atoms with van der Waals surface area (Å²) < 4.78 is 2.14. The van der Waals surface area contributed by atoms with Gasteiger partial charge in [-0.1, -0.05) is 12.8 Å². The normalized spacial score (nSPS) is 15.1. The lowest BCUT2D eigenvalue weighted by Crippen LogP contribution is -2.33. The molecule has 23 heavy (non-hydrogen) atoms. The van der Waals surface area contributed by atoms with Crippen molar-refractivity contribution in [3.05, 3.63) is 16.8 Å². The molecule has 6 heteroatoms. The lowest BCUT2D eigenvalue weighted by Gasteiger charge is -2.20. The summed E-state index contributed by atoms with van der Waals surface area (Å²) in [5, 5.41) is 21.4. The van der Waals surface area contributed by atoms with Gasteiger partial charge in [0.05, 0.1) is 18.7 Å². The summed E-state index contributed by atoms with van der Waals surface area (Å²) >= 11 is 0. The molecule has 2 N–H and O–H groups in total. The summed E-state index contributed by atoms with van der Waals surface area (Å²) in [6, 6.07) is 2.61. The van der Waals surface area contributed by atoms with Gasteiger partial charge in [-0.05, 0) is 39.3 Å². The number of nitrogens with zero attached hydrogens (tertiary/aromatic N) is 3. The molecule has 1 heterocycles. The van der Waals surface area contributed by atoms with Crippen LogP contribution in [-0.2, 0) is 4.79 Å². The van der Waals surface area contributed by atoms with Gasteiger partial charge in [-0.25, -0.2) is 0 Å². The van der Waals surface area contributed by atoms with Gasteiger partial charge in [-0.15, -0.1) is 0 Å². The van der Waals surface area contributed by atoms with Gasteiger partial charge in [-0.3, -0.25) is 9.69 Å². The predicted octanol–water partition coefficient (Wildman–Crippen LogP) is 1.95. The van der Waals surface area contributed by atoms with Crippen LogP contribution < -0.4 is 5.32 Å². The number of hydrogen-bond acceptors (Lipinski definition) is 4. The average molecular weight is 318 g/mol. The molecule has 1 aliphatic carbocycles. The minimum absolute atomic E-state index is 0.0178. The number of aliphatic hydroxyl groups is 1. The number of rotatable bonds is 6. The Hall–Kier alpha value is -1.84. The van der Waals surface area contributed by atoms with E-state index in [4.69, 9.17) is 5.11 Å². The third kappa shape index (κ3) is 3.74. The van der Waals surface area contributed by atoms with Crippen LogP contribution in [0.3, 0.4) is 0 Å². The van der Waals surface area contributed by atoms with Crippen molar-refractivity contribution in [2.45, 2.75) is 45.6 Å².